The Balaban J connectivity index is 2.35. The molecule has 0 bridgehead atoms. The fraction of sp³-hybridized carbons (Fsp3) is 0.438. The van der Waals surface area contributed by atoms with Crippen molar-refractivity contribution in [2.75, 3.05) is 10.6 Å². The summed E-state index contributed by atoms with van der Waals surface area (Å²) in [6, 6.07) is 1.19. The fourth-order valence-corrected chi connectivity index (χ4v) is 2.97. The van der Waals surface area contributed by atoms with Gasteiger partial charge in [-0.25, -0.2) is 9.97 Å². The molecule has 6 N–H and O–H groups in total. The van der Waals surface area contributed by atoms with E-state index in [2.05, 4.69) is 25.0 Å². The number of amides is 2. The molecule has 2 amide bonds. The SMILES string of the molecule is CCc1cc(Nc2nc(N[C@@H](C(N)=O)C(C)(C)C)cnc2C(N)=O)sn1. The zero-order valence-corrected chi connectivity index (χ0v) is 16.0. The maximum atomic E-state index is 11.8. The number of nitrogens with zero attached hydrogens (tertiary/aromatic N) is 3. The third-order valence-electron chi connectivity index (χ3n) is 3.61. The predicted molar refractivity (Wildman–Crippen MR) is 101 cm³/mol. The topological polar surface area (TPSA) is 149 Å². The lowest BCUT2D eigenvalue weighted by Gasteiger charge is -2.29. The number of anilines is 3. The number of primary amides is 2. The highest BCUT2D eigenvalue weighted by Gasteiger charge is 2.30. The van der Waals surface area contributed by atoms with E-state index in [9.17, 15) is 9.59 Å². The Morgan fingerprint density at radius 3 is 2.50 bits per heavy atom. The van der Waals surface area contributed by atoms with Crippen molar-refractivity contribution in [3.05, 3.63) is 23.7 Å². The van der Waals surface area contributed by atoms with Crippen LogP contribution in [0.3, 0.4) is 0 Å². The molecule has 0 aliphatic carbocycles. The summed E-state index contributed by atoms with van der Waals surface area (Å²) in [5, 5.41) is 6.70. The van der Waals surface area contributed by atoms with Gasteiger partial charge in [0.2, 0.25) is 5.91 Å². The van der Waals surface area contributed by atoms with Crippen molar-refractivity contribution >= 4 is 40.0 Å². The fourth-order valence-electron chi connectivity index (χ4n) is 2.24. The van der Waals surface area contributed by atoms with Gasteiger partial charge in [-0.05, 0) is 29.4 Å². The quantitative estimate of drug-likeness (QED) is 0.573. The molecule has 0 radical (unpaired) electrons. The van der Waals surface area contributed by atoms with Crippen LogP contribution in [0.15, 0.2) is 12.3 Å². The summed E-state index contributed by atoms with van der Waals surface area (Å²) >= 11 is 1.24. The average molecular weight is 377 g/mol. The lowest BCUT2D eigenvalue weighted by Crippen LogP contribution is -2.45. The van der Waals surface area contributed by atoms with Crippen LogP contribution < -0.4 is 22.1 Å². The van der Waals surface area contributed by atoms with Gasteiger partial charge in [0.1, 0.15) is 16.9 Å². The van der Waals surface area contributed by atoms with E-state index in [0.29, 0.717) is 10.8 Å². The van der Waals surface area contributed by atoms with Gasteiger partial charge >= 0.3 is 0 Å². The summed E-state index contributed by atoms with van der Waals surface area (Å²) in [7, 11) is 0. The first-order chi connectivity index (χ1) is 12.1. The molecule has 2 aromatic heterocycles. The average Bonchev–Trinajstić information content (AvgIpc) is 2.98. The molecule has 0 fully saturated rings. The van der Waals surface area contributed by atoms with Gasteiger partial charge in [0.25, 0.3) is 5.91 Å². The van der Waals surface area contributed by atoms with Crippen LogP contribution in [0.25, 0.3) is 0 Å². The van der Waals surface area contributed by atoms with E-state index in [1.807, 2.05) is 33.8 Å². The summed E-state index contributed by atoms with van der Waals surface area (Å²) < 4.78 is 4.27. The first-order valence-electron chi connectivity index (χ1n) is 8.07. The summed E-state index contributed by atoms with van der Waals surface area (Å²) in [6.45, 7) is 7.63. The van der Waals surface area contributed by atoms with Gasteiger partial charge < -0.3 is 22.1 Å². The third-order valence-corrected chi connectivity index (χ3v) is 4.35. The first kappa shape index (κ1) is 19.6. The number of carbonyl (C=O) groups excluding carboxylic acids is 2. The second-order valence-corrected chi connectivity index (χ2v) is 7.63. The van der Waals surface area contributed by atoms with Crippen molar-refractivity contribution in [2.45, 2.75) is 40.2 Å². The van der Waals surface area contributed by atoms with Gasteiger partial charge in [0, 0.05) is 0 Å². The highest BCUT2D eigenvalue weighted by molar-refractivity contribution is 7.10. The van der Waals surface area contributed by atoms with E-state index in [4.69, 9.17) is 11.5 Å². The van der Waals surface area contributed by atoms with Crippen molar-refractivity contribution in [2.24, 2.45) is 16.9 Å². The number of hydrogen-bond acceptors (Lipinski definition) is 8. The molecule has 2 rings (SSSR count). The van der Waals surface area contributed by atoms with Gasteiger partial charge in [-0.15, -0.1) is 0 Å². The van der Waals surface area contributed by atoms with E-state index in [0.717, 1.165) is 12.1 Å². The Labute approximate surface area is 155 Å². The van der Waals surface area contributed by atoms with Crippen molar-refractivity contribution in [3.8, 4) is 0 Å². The largest absolute Gasteiger partial charge is 0.368 e. The molecule has 0 unspecified atom stereocenters. The number of hydrogen-bond donors (Lipinski definition) is 4. The standard InChI is InChI=1S/C16H23N7O2S/c1-5-8-6-10(26-23-8)22-15-11(13(17)24)19-7-9(21-15)20-12(14(18)25)16(2,3)4/h6-7,12H,5H2,1-4H3,(H2,17,24)(H2,18,25)(H2,20,21,22)/t12-/m0/s1. The molecule has 0 aromatic carbocycles. The minimum Gasteiger partial charge on any atom is -0.368 e. The van der Waals surface area contributed by atoms with Crippen LogP contribution in [0.2, 0.25) is 0 Å². The number of nitrogens with one attached hydrogen (secondary N) is 2. The second-order valence-electron chi connectivity index (χ2n) is 6.82. The number of aryl methyl sites for hydroxylation is 1. The lowest BCUT2D eigenvalue weighted by atomic mass is 9.86. The highest BCUT2D eigenvalue weighted by Crippen LogP contribution is 2.26. The van der Waals surface area contributed by atoms with Gasteiger partial charge in [0.05, 0.1) is 11.9 Å². The third kappa shape index (κ3) is 4.66. The maximum absolute atomic E-state index is 11.8. The molecule has 2 aromatic rings. The van der Waals surface area contributed by atoms with Crippen LogP contribution in [-0.4, -0.2) is 32.2 Å². The van der Waals surface area contributed by atoms with Crippen LogP contribution >= 0.6 is 11.5 Å². The van der Waals surface area contributed by atoms with Gasteiger partial charge in [0.15, 0.2) is 11.5 Å². The molecule has 0 saturated heterocycles. The molecule has 0 aliphatic rings. The molecule has 0 aliphatic heterocycles. The second kappa shape index (κ2) is 7.65. The summed E-state index contributed by atoms with van der Waals surface area (Å²) in [5.74, 6) is -0.737. The number of carbonyl (C=O) groups is 2. The lowest BCUT2D eigenvalue weighted by molar-refractivity contribution is -0.120. The highest BCUT2D eigenvalue weighted by atomic mass is 32.1. The minimum atomic E-state index is -0.714. The van der Waals surface area contributed by atoms with E-state index in [-0.39, 0.29) is 11.5 Å². The van der Waals surface area contributed by atoms with Crippen LogP contribution in [0.5, 0.6) is 0 Å². The molecule has 10 heteroatoms. The first-order valence-corrected chi connectivity index (χ1v) is 8.84. The van der Waals surface area contributed by atoms with Crippen molar-refractivity contribution in [1.82, 2.24) is 14.3 Å². The van der Waals surface area contributed by atoms with E-state index >= 15 is 0 Å². The Hall–Kier alpha value is -2.75. The molecular weight excluding hydrogens is 354 g/mol. The molecule has 0 saturated carbocycles. The summed E-state index contributed by atoms with van der Waals surface area (Å²) in [6.07, 6.45) is 2.14. The Kier molecular flexibility index (Phi) is 5.76. The minimum absolute atomic E-state index is 0.00613. The summed E-state index contributed by atoms with van der Waals surface area (Å²) in [4.78, 5) is 31.8. The zero-order chi connectivity index (χ0) is 19.5. The predicted octanol–water partition coefficient (Wildman–Crippen LogP) is 1.65. The molecule has 140 valence electrons. The van der Waals surface area contributed by atoms with Crippen molar-refractivity contribution < 1.29 is 9.59 Å². The Bertz CT molecular complexity index is 813. The number of aromatic nitrogens is 3. The Morgan fingerprint density at radius 1 is 1.31 bits per heavy atom. The number of rotatable bonds is 7. The van der Waals surface area contributed by atoms with Crippen LogP contribution in [-0.2, 0) is 11.2 Å². The van der Waals surface area contributed by atoms with E-state index in [1.165, 1.54) is 17.7 Å². The van der Waals surface area contributed by atoms with Crippen LogP contribution in [0.4, 0.5) is 16.6 Å². The molecule has 1 atom stereocenters. The molecule has 2 heterocycles. The molecule has 0 spiro atoms. The molecule has 9 nitrogen and oxygen atoms in total. The maximum Gasteiger partial charge on any atom is 0.271 e. The molecule has 26 heavy (non-hydrogen) atoms. The van der Waals surface area contributed by atoms with Crippen LogP contribution in [0, 0.1) is 5.41 Å². The Morgan fingerprint density at radius 2 is 2.00 bits per heavy atom. The van der Waals surface area contributed by atoms with Crippen molar-refractivity contribution in [3.63, 3.8) is 0 Å². The van der Waals surface area contributed by atoms with Gasteiger partial charge in [-0.3, -0.25) is 9.59 Å². The van der Waals surface area contributed by atoms with Gasteiger partial charge in [-0.2, -0.15) is 4.37 Å². The van der Waals surface area contributed by atoms with Gasteiger partial charge in [-0.1, -0.05) is 27.7 Å². The zero-order valence-electron chi connectivity index (χ0n) is 15.2. The number of nitrogens with two attached hydrogens (primary N) is 2. The van der Waals surface area contributed by atoms with Crippen LogP contribution in [0.1, 0.15) is 43.9 Å². The summed E-state index contributed by atoms with van der Waals surface area (Å²) in [5.41, 5.74) is 11.3. The van der Waals surface area contributed by atoms with E-state index < -0.39 is 23.3 Å². The normalized spacial score (nSPS) is 12.5. The molecular formula is C16H23N7O2S. The van der Waals surface area contributed by atoms with Crippen molar-refractivity contribution in [1.29, 1.82) is 0 Å². The van der Waals surface area contributed by atoms with E-state index in [1.54, 1.807) is 0 Å². The smallest absolute Gasteiger partial charge is 0.271 e. The monoisotopic (exact) mass is 377 g/mol.